The summed E-state index contributed by atoms with van der Waals surface area (Å²) < 4.78 is 4.39. The summed E-state index contributed by atoms with van der Waals surface area (Å²) >= 11 is 0. The van der Waals surface area contributed by atoms with Crippen LogP contribution in [0.5, 0.6) is 0 Å². The van der Waals surface area contributed by atoms with Crippen molar-refractivity contribution in [3.63, 3.8) is 0 Å². The van der Waals surface area contributed by atoms with E-state index in [4.69, 9.17) is 5.10 Å². The van der Waals surface area contributed by atoms with Gasteiger partial charge < -0.3 is 4.57 Å². The monoisotopic (exact) mass is 475 g/mol. The van der Waals surface area contributed by atoms with Gasteiger partial charge in [-0.1, -0.05) is 48.5 Å². The summed E-state index contributed by atoms with van der Waals surface area (Å²) in [7, 11) is 0. The first-order chi connectivity index (χ1) is 18.3. The Hall–Kier alpha value is -5.16. The number of fused-ring (bicyclic) bond motifs is 6. The number of hydrogen-bond donors (Lipinski definition) is 1. The maximum absolute atomic E-state index is 4.80. The molecule has 3 aromatic heterocycles. The fourth-order valence-corrected chi connectivity index (χ4v) is 5.53. The van der Waals surface area contributed by atoms with E-state index in [1.165, 1.54) is 32.9 Å². The molecule has 3 heterocycles. The molecule has 0 spiro atoms. The highest BCUT2D eigenvalue weighted by Gasteiger charge is 2.18. The molecule has 174 valence electrons. The van der Waals surface area contributed by atoms with Crippen LogP contribution in [0.1, 0.15) is 0 Å². The Morgan fingerprint density at radius 1 is 0.568 bits per heavy atom. The van der Waals surface area contributed by atoms with Crippen molar-refractivity contribution < 1.29 is 0 Å². The van der Waals surface area contributed by atoms with Crippen molar-refractivity contribution in [3.8, 4) is 22.5 Å². The Kier molecular flexibility index (Phi) is 4.16. The molecule has 0 amide bonds. The lowest BCUT2D eigenvalue weighted by molar-refractivity contribution is 0.911. The first-order valence-corrected chi connectivity index (χ1v) is 12.3. The third kappa shape index (κ3) is 2.98. The standard InChI is InChI=1S/C32H21N5/c1-3-7-24(8-4-1)36-30-15-12-22(21-11-14-29-23(17-21)19-33-35-29)18-27(30)26-13-16-31-28(32(26)36)20-34-37(31)25-9-5-2-6-10-25/h1-20H,(H,33,35). The largest absolute Gasteiger partial charge is 0.309 e. The van der Waals surface area contributed by atoms with Crippen molar-refractivity contribution in [1.82, 2.24) is 24.5 Å². The number of aromatic nitrogens is 5. The fraction of sp³-hybridized carbons (Fsp3) is 0. The number of aromatic amines is 1. The van der Waals surface area contributed by atoms with E-state index in [9.17, 15) is 0 Å². The van der Waals surface area contributed by atoms with Crippen molar-refractivity contribution in [3.05, 3.63) is 122 Å². The molecule has 5 aromatic carbocycles. The molecule has 8 rings (SSSR count). The normalized spacial score (nSPS) is 11.8. The van der Waals surface area contributed by atoms with Crippen LogP contribution in [0.2, 0.25) is 0 Å². The van der Waals surface area contributed by atoms with Gasteiger partial charge in [-0.2, -0.15) is 10.2 Å². The van der Waals surface area contributed by atoms with Crippen molar-refractivity contribution in [2.45, 2.75) is 0 Å². The summed E-state index contributed by atoms with van der Waals surface area (Å²) in [6, 6.07) is 38.5. The van der Waals surface area contributed by atoms with Crippen LogP contribution in [0.3, 0.4) is 0 Å². The van der Waals surface area contributed by atoms with Gasteiger partial charge in [0.1, 0.15) is 0 Å². The Morgan fingerprint density at radius 2 is 1.30 bits per heavy atom. The van der Waals surface area contributed by atoms with Gasteiger partial charge in [0.05, 0.1) is 40.1 Å². The summed E-state index contributed by atoms with van der Waals surface area (Å²) in [4.78, 5) is 0. The van der Waals surface area contributed by atoms with Gasteiger partial charge in [0.25, 0.3) is 0 Å². The number of nitrogens with one attached hydrogen (secondary N) is 1. The smallest absolute Gasteiger partial charge is 0.0762 e. The summed E-state index contributed by atoms with van der Waals surface area (Å²) in [5.74, 6) is 0. The van der Waals surface area contributed by atoms with Gasteiger partial charge in [0, 0.05) is 27.2 Å². The number of nitrogens with zero attached hydrogens (tertiary/aromatic N) is 4. The zero-order valence-corrected chi connectivity index (χ0v) is 19.8. The van der Waals surface area contributed by atoms with Crippen LogP contribution < -0.4 is 0 Å². The molecule has 0 aliphatic carbocycles. The zero-order chi connectivity index (χ0) is 24.3. The molecule has 0 aliphatic heterocycles. The average molecular weight is 476 g/mol. The lowest BCUT2D eigenvalue weighted by atomic mass is 10.0. The van der Waals surface area contributed by atoms with E-state index in [1.807, 2.05) is 35.3 Å². The van der Waals surface area contributed by atoms with E-state index in [0.29, 0.717) is 0 Å². The van der Waals surface area contributed by atoms with E-state index in [2.05, 4.69) is 106 Å². The first kappa shape index (κ1) is 20.1. The summed E-state index contributed by atoms with van der Waals surface area (Å²) in [6.45, 7) is 0. The minimum absolute atomic E-state index is 1.04. The molecule has 1 N–H and O–H groups in total. The predicted molar refractivity (Wildman–Crippen MR) is 150 cm³/mol. The molecule has 8 aromatic rings. The molecule has 0 fully saturated rings. The lowest BCUT2D eigenvalue weighted by Gasteiger charge is -2.09. The van der Waals surface area contributed by atoms with Crippen LogP contribution in [-0.2, 0) is 0 Å². The van der Waals surface area contributed by atoms with Gasteiger partial charge in [-0.05, 0) is 71.8 Å². The highest BCUT2D eigenvalue weighted by molar-refractivity contribution is 6.18. The third-order valence-electron chi connectivity index (χ3n) is 7.26. The average Bonchev–Trinajstić information content (AvgIpc) is 3.68. The number of H-pyrrole nitrogens is 1. The fourth-order valence-electron chi connectivity index (χ4n) is 5.53. The van der Waals surface area contributed by atoms with Crippen LogP contribution in [0.4, 0.5) is 0 Å². The first-order valence-electron chi connectivity index (χ1n) is 12.3. The number of rotatable bonds is 3. The van der Waals surface area contributed by atoms with Crippen LogP contribution >= 0.6 is 0 Å². The van der Waals surface area contributed by atoms with Gasteiger partial charge in [0.15, 0.2) is 0 Å². The number of benzene rings is 5. The molecule has 0 saturated carbocycles. The molecule has 0 aliphatic rings. The van der Waals surface area contributed by atoms with Crippen LogP contribution in [0, 0.1) is 0 Å². The SMILES string of the molecule is c1ccc(-n2ncc3c2ccc2c4cc(-c5ccc6[nH]ncc6c5)ccc4n(-c4ccccc4)c23)cc1. The Bertz CT molecular complexity index is 2080. The van der Waals surface area contributed by atoms with Gasteiger partial charge in [-0.3, -0.25) is 5.10 Å². The summed E-state index contributed by atoms with van der Waals surface area (Å²) in [5, 5.41) is 16.7. The van der Waals surface area contributed by atoms with E-state index in [0.717, 1.165) is 33.2 Å². The Morgan fingerprint density at radius 3 is 2.14 bits per heavy atom. The topological polar surface area (TPSA) is 51.4 Å². The molecule has 0 atom stereocenters. The maximum atomic E-state index is 4.80. The van der Waals surface area contributed by atoms with Crippen molar-refractivity contribution >= 4 is 43.6 Å². The van der Waals surface area contributed by atoms with Gasteiger partial charge >= 0.3 is 0 Å². The minimum atomic E-state index is 1.04. The summed E-state index contributed by atoms with van der Waals surface area (Å²) in [6.07, 6.45) is 3.87. The van der Waals surface area contributed by atoms with Crippen LogP contribution in [-0.4, -0.2) is 24.5 Å². The predicted octanol–water partition coefficient (Wildman–Crippen LogP) is 7.67. The molecule has 0 saturated heterocycles. The van der Waals surface area contributed by atoms with Gasteiger partial charge in [-0.15, -0.1) is 0 Å². The van der Waals surface area contributed by atoms with E-state index in [-0.39, 0.29) is 0 Å². The third-order valence-corrected chi connectivity index (χ3v) is 7.26. The molecule has 0 radical (unpaired) electrons. The highest BCUT2D eigenvalue weighted by Crippen LogP contribution is 2.39. The van der Waals surface area contributed by atoms with Gasteiger partial charge in [-0.25, -0.2) is 4.68 Å². The van der Waals surface area contributed by atoms with Crippen LogP contribution in [0.15, 0.2) is 122 Å². The van der Waals surface area contributed by atoms with Crippen molar-refractivity contribution in [2.24, 2.45) is 0 Å². The molecule has 5 heteroatoms. The highest BCUT2D eigenvalue weighted by atomic mass is 15.3. The molecular weight excluding hydrogens is 454 g/mol. The van der Waals surface area contributed by atoms with Crippen molar-refractivity contribution in [2.75, 3.05) is 0 Å². The summed E-state index contributed by atoms with van der Waals surface area (Å²) in [5.41, 5.74) is 9.02. The van der Waals surface area contributed by atoms with Crippen molar-refractivity contribution in [1.29, 1.82) is 0 Å². The molecule has 37 heavy (non-hydrogen) atoms. The minimum Gasteiger partial charge on any atom is -0.309 e. The second-order valence-electron chi connectivity index (χ2n) is 9.36. The second-order valence-corrected chi connectivity index (χ2v) is 9.36. The quantitative estimate of drug-likeness (QED) is 0.285. The Balaban J connectivity index is 1.44. The Labute approximate surface area is 212 Å². The van der Waals surface area contributed by atoms with E-state index >= 15 is 0 Å². The van der Waals surface area contributed by atoms with E-state index < -0.39 is 0 Å². The molecule has 5 nitrogen and oxygen atoms in total. The zero-order valence-electron chi connectivity index (χ0n) is 19.8. The molecular formula is C32H21N5. The second kappa shape index (κ2) is 7.67. The van der Waals surface area contributed by atoms with Crippen LogP contribution in [0.25, 0.3) is 66.1 Å². The van der Waals surface area contributed by atoms with E-state index in [1.54, 1.807) is 0 Å². The van der Waals surface area contributed by atoms with Gasteiger partial charge in [0.2, 0.25) is 0 Å². The lowest BCUT2D eigenvalue weighted by Crippen LogP contribution is -1.96. The number of para-hydroxylation sites is 2. The maximum Gasteiger partial charge on any atom is 0.0762 e. The molecule has 0 bridgehead atoms. The molecule has 0 unspecified atom stereocenters. The number of hydrogen-bond acceptors (Lipinski definition) is 2.